The van der Waals surface area contributed by atoms with E-state index in [0.29, 0.717) is 11.5 Å². The Morgan fingerprint density at radius 3 is 2.83 bits per heavy atom. The summed E-state index contributed by atoms with van der Waals surface area (Å²) in [5, 5.41) is 20.3. The van der Waals surface area contributed by atoms with Crippen LogP contribution >= 0.6 is 11.8 Å². The standard InChI is InChI=1S/C12H12N2O3S/c13-5-6-17-9-3-1-8(2-4-9)11-14-10(7-18-11)12(15)16/h1-4,10-11,14H,6-7H2,(H,15,16)/t10-,11+/m1/s1. The molecule has 1 saturated heterocycles. The third kappa shape index (κ3) is 2.94. The number of rotatable bonds is 4. The lowest BCUT2D eigenvalue weighted by atomic mass is 10.2. The van der Waals surface area contributed by atoms with E-state index in [9.17, 15) is 4.79 Å². The molecule has 0 bridgehead atoms. The summed E-state index contributed by atoms with van der Waals surface area (Å²) in [7, 11) is 0. The van der Waals surface area contributed by atoms with Crippen molar-refractivity contribution >= 4 is 17.7 Å². The summed E-state index contributed by atoms with van der Waals surface area (Å²) >= 11 is 1.57. The number of thioether (sulfide) groups is 1. The Balaban J connectivity index is 1.98. The number of ether oxygens (including phenoxy) is 1. The molecule has 2 N–H and O–H groups in total. The van der Waals surface area contributed by atoms with Crippen LogP contribution in [0.1, 0.15) is 10.9 Å². The molecule has 6 heteroatoms. The Bertz CT molecular complexity index is 469. The lowest BCUT2D eigenvalue weighted by Crippen LogP contribution is -2.33. The predicted octanol–water partition coefficient (Wildman–Crippen LogP) is 1.38. The third-order valence-corrected chi connectivity index (χ3v) is 3.83. The largest absolute Gasteiger partial charge is 0.480 e. The van der Waals surface area contributed by atoms with E-state index in [1.54, 1.807) is 23.9 Å². The molecule has 1 aromatic rings. The van der Waals surface area contributed by atoms with E-state index < -0.39 is 12.0 Å². The summed E-state index contributed by atoms with van der Waals surface area (Å²) in [6, 6.07) is 8.72. The fraction of sp³-hybridized carbons (Fsp3) is 0.333. The van der Waals surface area contributed by atoms with E-state index >= 15 is 0 Å². The molecule has 0 saturated carbocycles. The van der Waals surface area contributed by atoms with Gasteiger partial charge in [0.25, 0.3) is 0 Å². The van der Waals surface area contributed by atoms with Crippen molar-refractivity contribution in [2.24, 2.45) is 0 Å². The minimum absolute atomic E-state index is 0.00360. The Morgan fingerprint density at radius 2 is 2.28 bits per heavy atom. The van der Waals surface area contributed by atoms with Crippen molar-refractivity contribution in [2.45, 2.75) is 11.4 Å². The summed E-state index contributed by atoms with van der Waals surface area (Å²) in [5.41, 5.74) is 1.01. The van der Waals surface area contributed by atoms with Crippen molar-refractivity contribution in [3.8, 4) is 11.8 Å². The van der Waals surface area contributed by atoms with Crippen LogP contribution in [0.2, 0.25) is 0 Å². The fourth-order valence-corrected chi connectivity index (χ4v) is 2.89. The first kappa shape index (κ1) is 12.7. The highest BCUT2D eigenvalue weighted by Gasteiger charge is 2.30. The van der Waals surface area contributed by atoms with E-state index in [4.69, 9.17) is 15.1 Å². The van der Waals surface area contributed by atoms with Gasteiger partial charge in [-0.25, -0.2) is 0 Å². The second-order valence-corrected chi connectivity index (χ2v) is 4.92. The zero-order valence-corrected chi connectivity index (χ0v) is 10.3. The van der Waals surface area contributed by atoms with Crippen LogP contribution < -0.4 is 10.1 Å². The summed E-state index contributed by atoms with van der Waals surface area (Å²) in [6.45, 7) is 0.0247. The van der Waals surface area contributed by atoms with E-state index in [1.807, 2.05) is 18.2 Å². The van der Waals surface area contributed by atoms with Crippen LogP contribution in [-0.2, 0) is 4.79 Å². The van der Waals surface area contributed by atoms with Gasteiger partial charge in [-0.2, -0.15) is 5.26 Å². The number of aliphatic carboxylic acids is 1. The first-order valence-corrected chi connectivity index (χ1v) is 6.46. The molecule has 94 valence electrons. The van der Waals surface area contributed by atoms with Gasteiger partial charge in [0.1, 0.15) is 17.9 Å². The van der Waals surface area contributed by atoms with Gasteiger partial charge in [-0.1, -0.05) is 12.1 Å². The van der Waals surface area contributed by atoms with Crippen LogP contribution in [-0.4, -0.2) is 29.5 Å². The fourth-order valence-electron chi connectivity index (χ4n) is 1.66. The first-order valence-electron chi connectivity index (χ1n) is 5.41. The topological polar surface area (TPSA) is 82.3 Å². The van der Waals surface area contributed by atoms with Crippen molar-refractivity contribution in [3.63, 3.8) is 0 Å². The van der Waals surface area contributed by atoms with Gasteiger partial charge in [0.15, 0.2) is 6.61 Å². The monoisotopic (exact) mass is 264 g/mol. The molecule has 1 aliphatic heterocycles. The third-order valence-electron chi connectivity index (χ3n) is 2.57. The Morgan fingerprint density at radius 1 is 1.56 bits per heavy atom. The molecule has 2 rings (SSSR count). The number of carboxylic acid groups (broad SMARTS) is 1. The van der Waals surface area contributed by atoms with Crippen molar-refractivity contribution in [1.82, 2.24) is 5.32 Å². The van der Waals surface area contributed by atoms with Gasteiger partial charge in [-0.05, 0) is 17.7 Å². The molecular weight excluding hydrogens is 252 g/mol. The Labute approximate surface area is 109 Å². The van der Waals surface area contributed by atoms with Crippen LogP contribution in [0.5, 0.6) is 5.75 Å². The van der Waals surface area contributed by atoms with Gasteiger partial charge in [0.05, 0.1) is 5.37 Å². The zero-order chi connectivity index (χ0) is 13.0. The van der Waals surface area contributed by atoms with Crippen LogP contribution in [0.4, 0.5) is 0 Å². The maximum absolute atomic E-state index is 10.8. The van der Waals surface area contributed by atoms with Crippen molar-refractivity contribution in [1.29, 1.82) is 5.26 Å². The maximum Gasteiger partial charge on any atom is 0.321 e. The smallest absolute Gasteiger partial charge is 0.321 e. The summed E-state index contributed by atoms with van der Waals surface area (Å²) in [6.07, 6.45) is 0. The molecule has 1 aromatic carbocycles. The molecule has 5 nitrogen and oxygen atoms in total. The van der Waals surface area contributed by atoms with Gasteiger partial charge >= 0.3 is 5.97 Å². The predicted molar refractivity (Wildman–Crippen MR) is 67.3 cm³/mol. The highest BCUT2D eigenvalue weighted by atomic mass is 32.2. The van der Waals surface area contributed by atoms with Gasteiger partial charge in [0.2, 0.25) is 0 Å². The molecule has 1 fully saturated rings. The molecule has 2 atom stereocenters. The lowest BCUT2D eigenvalue weighted by Gasteiger charge is -2.11. The van der Waals surface area contributed by atoms with Crippen LogP contribution in [0.3, 0.4) is 0 Å². The normalized spacial score (nSPS) is 22.4. The minimum Gasteiger partial charge on any atom is -0.480 e. The van der Waals surface area contributed by atoms with E-state index in [0.717, 1.165) is 5.56 Å². The molecule has 18 heavy (non-hydrogen) atoms. The average Bonchev–Trinajstić information content (AvgIpc) is 2.87. The number of nitrogens with one attached hydrogen (secondary N) is 1. The highest BCUT2D eigenvalue weighted by molar-refractivity contribution is 7.99. The summed E-state index contributed by atoms with van der Waals surface area (Å²) < 4.78 is 5.15. The highest BCUT2D eigenvalue weighted by Crippen LogP contribution is 2.33. The number of benzene rings is 1. The van der Waals surface area contributed by atoms with Crippen molar-refractivity contribution in [2.75, 3.05) is 12.4 Å². The van der Waals surface area contributed by atoms with Gasteiger partial charge in [0, 0.05) is 5.75 Å². The number of carboxylic acids is 1. The number of hydrogen-bond acceptors (Lipinski definition) is 5. The minimum atomic E-state index is -0.820. The Hall–Kier alpha value is -1.71. The van der Waals surface area contributed by atoms with Crippen molar-refractivity contribution in [3.05, 3.63) is 29.8 Å². The van der Waals surface area contributed by atoms with Crippen molar-refractivity contribution < 1.29 is 14.6 Å². The van der Waals surface area contributed by atoms with Crippen LogP contribution in [0.25, 0.3) is 0 Å². The zero-order valence-electron chi connectivity index (χ0n) is 9.50. The number of nitrogens with zero attached hydrogens (tertiary/aromatic N) is 1. The van der Waals surface area contributed by atoms with Crippen LogP contribution in [0, 0.1) is 11.3 Å². The second-order valence-electron chi connectivity index (χ2n) is 3.79. The van der Waals surface area contributed by atoms with Gasteiger partial charge in [-0.3, -0.25) is 10.1 Å². The summed E-state index contributed by atoms with van der Waals surface area (Å²) in [4.78, 5) is 10.8. The molecule has 0 radical (unpaired) electrons. The first-order chi connectivity index (χ1) is 8.70. The molecule has 0 amide bonds. The Kier molecular flexibility index (Phi) is 4.07. The second kappa shape index (κ2) is 5.76. The molecule has 0 spiro atoms. The quantitative estimate of drug-likeness (QED) is 0.855. The summed E-state index contributed by atoms with van der Waals surface area (Å²) in [5.74, 6) is 0.379. The van der Waals surface area contributed by atoms with Gasteiger partial charge in [-0.15, -0.1) is 11.8 Å². The molecule has 1 heterocycles. The average molecular weight is 264 g/mol. The van der Waals surface area contributed by atoms with Crippen LogP contribution in [0.15, 0.2) is 24.3 Å². The maximum atomic E-state index is 10.8. The molecule has 0 aromatic heterocycles. The lowest BCUT2D eigenvalue weighted by molar-refractivity contribution is -0.138. The van der Waals surface area contributed by atoms with E-state index in [-0.39, 0.29) is 12.0 Å². The number of nitriles is 1. The number of hydrogen-bond donors (Lipinski definition) is 2. The SMILES string of the molecule is N#CCOc1ccc([C@H]2N[C@@H](C(=O)O)CS2)cc1. The molecular formula is C12H12N2O3S. The van der Waals surface area contributed by atoms with E-state index in [1.165, 1.54) is 0 Å². The van der Waals surface area contributed by atoms with E-state index in [2.05, 4.69) is 5.32 Å². The molecule has 0 unspecified atom stereocenters. The molecule has 1 aliphatic rings. The molecule has 0 aliphatic carbocycles. The van der Waals surface area contributed by atoms with Gasteiger partial charge < -0.3 is 9.84 Å². The number of carbonyl (C=O) groups is 1.